The van der Waals surface area contributed by atoms with Crippen molar-refractivity contribution in [1.82, 2.24) is 9.97 Å². The standard InChI is InChI=1S/C26H22N4S4/c1-29(2)15-5-7-17-23(13-15)33-25(27-17)21-11-9-19(31-21)20-10-12-22(32-20)26-28-18-8-6-16(30(3)4)14-24(18)34-26/h5-14H,1-4H3. The highest BCUT2D eigenvalue weighted by Crippen LogP contribution is 2.43. The predicted molar refractivity (Wildman–Crippen MR) is 154 cm³/mol. The minimum absolute atomic E-state index is 1.06. The molecule has 0 unspecified atom stereocenters. The summed E-state index contributed by atoms with van der Waals surface area (Å²) in [5, 5.41) is 2.17. The van der Waals surface area contributed by atoms with E-state index in [9.17, 15) is 0 Å². The highest BCUT2D eigenvalue weighted by molar-refractivity contribution is 7.30. The van der Waals surface area contributed by atoms with Gasteiger partial charge in [0.25, 0.3) is 0 Å². The number of aromatic nitrogens is 2. The zero-order valence-corrected chi connectivity index (χ0v) is 22.5. The minimum Gasteiger partial charge on any atom is -0.378 e. The van der Waals surface area contributed by atoms with Gasteiger partial charge in [-0.15, -0.1) is 45.3 Å². The molecule has 34 heavy (non-hydrogen) atoms. The zero-order valence-electron chi connectivity index (χ0n) is 19.2. The molecular weight excluding hydrogens is 497 g/mol. The maximum Gasteiger partial charge on any atom is 0.134 e. The van der Waals surface area contributed by atoms with Crippen LogP contribution in [0.1, 0.15) is 0 Å². The third-order valence-electron chi connectivity index (χ3n) is 5.65. The Balaban J connectivity index is 1.29. The number of thiophene rings is 2. The van der Waals surface area contributed by atoms with E-state index in [-0.39, 0.29) is 0 Å². The summed E-state index contributed by atoms with van der Waals surface area (Å²) in [7, 11) is 8.28. The molecule has 0 bridgehead atoms. The van der Waals surface area contributed by atoms with Gasteiger partial charge >= 0.3 is 0 Å². The third-order valence-corrected chi connectivity index (χ3v) is 10.4. The van der Waals surface area contributed by atoms with E-state index in [0.29, 0.717) is 0 Å². The number of anilines is 2. The van der Waals surface area contributed by atoms with Crippen LogP contribution in [0.5, 0.6) is 0 Å². The van der Waals surface area contributed by atoms with E-state index in [1.54, 1.807) is 22.7 Å². The Hall–Kier alpha value is -2.78. The fourth-order valence-electron chi connectivity index (χ4n) is 3.76. The van der Waals surface area contributed by atoms with Crippen molar-refractivity contribution >= 4 is 77.2 Å². The third kappa shape index (κ3) is 3.90. The maximum atomic E-state index is 4.89. The quantitative estimate of drug-likeness (QED) is 0.230. The van der Waals surface area contributed by atoms with Crippen LogP contribution in [0.3, 0.4) is 0 Å². The van der Waals surface area contributed by atoms with Crippen LogP contribution in [-0.2, 0) is 0 Å². The Kier molecular flexibility index (Phi) is 5.41. The average molecular weight is 519 g/mol. The second kappa shape index (κ2) is 8.46. The highest BCUT2D eigenvalue weighted by Gasteiger charge is 2.14. The van der Waals surface area contributed by atoms with Crippen LogP contribution in [0.2, 0.25) is 0 Å². The molecule has 0 aliphatic heterocycles. The summed E-state index contributed by atoms with van der Waals surface area (Å²) in [5.74, 6) is 0. The summed E-state index contributed by atoms with van der Waals surface area (Å²) >= 11 is 7.14. The molecule has 0 spiro atoms. The largest absolute Gasteiger partial charge is 0.378 e. The van der Waals surface area contributed by atoms with E-state index in [0.717, 1.165) is 21.0 Å². The van der Waals surface area contributed by atoms with E-state index in [4.69, 9.17) is 9.97 Å². The van der Waals surface area contributed by atoms with Gasteiger partial charge in [-0.05, 0) is 60.7 Å². The molecule has 0 amide bonds. The zero-order chi connectivity index (χ0) is 23.4. The lowest BCUT2D eigenvalue weighted by atomic mass is 10.3. The first-order chi connectivity index (χ1) is 16.4. The first-order valence-corrected chi connectivity index (χ1v) is 14.1. The van der Waals surface area contributed by atoms with E-state index in [1.165, 1.54) is 40.3 Å². The molecule has 0 saturated carbocycles. The van der Waals surface area contributed by atoms with Gasteiger partial charge in [0.15, 0.2) is 0 Å². The van der Waals surface area contributed by atoms with Gasteiger partial charge < -0.3 is 9.80 Å². The molecule has 6 aromatic rings. The van der Waals surface area contributed by atoms with Gasteiger partial charge in [-0.25, -0.2) is 9.97 Å². The second-order valence-electron chi connectivity index (χ2n) is 8.46. The van der Waals surface area contributed by atoms with Gasteiger partial charge in [0.1, 0.15) is 10.0 Å². The Morgan fingerprint density at radius 3 is 1.32 bits per heavy atom. The Morgan fingerprint density at radius 1 is 0.500 bits per heavy atom. The van der Waals surface area contributed by atoms with Crippen molar-refractivity contribution in [1.29, 1.82) is 0 Å². The number of thiazole rings is 2. The van der Waals surface area contributed by atoms with Gasteiger partial charge in [-0.2, -0.15) is 0 Å². The van der Waals surface area contributed by atoms with Gasteiger partial charge in [0.05, 0.1) is 30.2 Å². The normalized spacial score (nSPS) is 11.5. The molecule has 0 radical (unpaired) electrons. The van der Waals surface area contributed by atoms with Crippen molar-refractivity contribution in [3.63, 3.8) is 0 Å². The molecule has 2 aromatic carbocycles. The molecule has 8 heteroatoms. The van der Waals surface area contributed by atoms with Crippen LogP contribution in [0.25, 0.3) is 50.0 Å². The van der Waals surface area contributed by atoms with Crippen LogP contribution in [0.15, 0.2) is 60.7 Å². The highest BCUT2D eigenvalue weighted by atomic mass is 32.1. The number of rotatable bonds is 5. The van der Waals surface area contributed by atoms with Crippen molar-refractivity contribution in [3.8, 4) is 29.5 Å². The summed E-state index contributed by atoms with van der Waals surface area (Å²) in [6.45, 7) is 0. The summed E-state index contributed by atoms with van der Waals surface area (Å²) in [4.78, 5) is 19.0. The minimum atomic E-state index is 1.06. The van der Waals surface area contributed by atoms with Crippen LogP contribution in [0.4, 0.5) is 11.4 Å². The number of hydrogen-bond donors (Lipinski definition) is 0. The topological polar surface area (TPSA) is 32.3 Å². The summed E-state index contributed by atoms with van der Waals surface area (Å²) in [6.07, 6.45) is 0. The van der Waals surface area contributed by atoms with Gasteiger partial charge in [0, 0.05) is 49.3 Å². The van der Waals surface area contributed by atoms with E-state index in [2.05, 4.69) is 98.7 Å². The Labute approximate surface area is 214 Å². The molecule has 0 fully saturated rings. The smallest absolute Gasteiger partial charge is 0.134 e. The number of nitrogens with zero attached hydrogens (tertiary/aromatic N) is 4. The van der Waals surface area contributed by atoms with Crippen LogP contribution >= 0.6 is 45.3 Å². The summed E-state index contributed by atoms with van der Waals surface area (Å²) < 4.78 is 2.45. The SMILES string of the molecule is CN(C)c1ccc2nc(-c3ccc(-c4ccc(-c5nc6ccc(N(C)C)cc6s5)s4)s3)sc2c1. The van der Waals surface area contributed by atoms with Gasteiger partial charge in [0.2, 0.25) is 0 Å². The molecule has 4 aromatic heterocycles. The molecule has 0 N–H and O–H groups in total. The number of hydrogen-bond acceptors (Lipinski definition) is 8. The fourth-order valence-corrected chi connectivity index (χ4v) is 7.97. The lowest BCUT2D eigenvalue weighted by Crippen LogP contribution is -2.07. The van der Waals surface area contributed by atoms with Crippen LogP contribution in [0, 0.1) is 0 Å². The van der Waals surface area contributed by atoms with E-state index < -0.39 is 0 Å². The van der Waals surface area contributed by atoms with Crippen molar-refractivity contribution in [2.75, 3.05) is 38.0 Å². The molecule has 6 rings (SSSR count). The first kappa shape index (κ1) is 21.7. The van der Waals surface area contributed by atoms with Crippen molar-refractivity contribution in [2.45, 2.75) is 0 Å². The van der Waals surface area contributed by atoms with Crippen LogP contribution in [-0.4, -0.2) is 38.2 Å². The summed E-state index contributed by atoms with van der Waals surface area (Å²) in [6, 6.07) is 21.8. The summed E-state index contributed by atoms with van der Waals surface area (Å²) in [5.41, 5.74) is 4.53. The molecule has 170 valence electrons. The molecule has 0 aliphatic rings. The molecule has 0 atom stereocenters. The molecule has 4 nitrogen and oxygen atoms in total. The molecular formula is C26H22N4S4. The first-order valence-electron chi connectivity index (χ1n) is 10.8. The maximum absolute atomic E-state index is 4.89. The molecule has 0 aliphatic carbocycles. The fraction of sp³-hybridized carbons (Fsp3) is 0.154. The second-order valence-corrected chi connectivity index (χ2v) is 12.7. The molecule has 4 heterocycles. The Bertz CT molecular complexity index is 1510. The van der Waals surface area contributed by atoms with Crippen molar-refractivity contribution in [3.05, 3.63) is 60.7 Å². The predicted octanol–water partition coefficient (Wildman–Crippen LogP) is 8.16. The van der Waals surface area contributed by atoms with E-state index >= 15 is 0 Å². The monoisotopic (exact) mass is 518 g/mol. The number of fused-ring (bicyclic) bond motifs is 2. The van der Waals surface area contributed by atoms with Gasteiger partial charge in [-0.3, -0.25) is 0 Å². The molecule has 0 saturated heterocycles. The van der Waals surface area contributed by atoms with Crippen molar-refractivity contribution in [2.24, 2.45) is 0 Å². The van der Waals surface area contributed by atoms with E-state index in [1.807, 2.05) is 22.7 Å². The lowest BCUT2D eigenvalue weighted by Gasteiger charge is -2.11. The lowest BCUT2D eigenvalue weighted by molar-refractivity contribution is 1.14. The average Bonchev–Trinajstić information content (AvgIpc) is 3.61. The van der Waals surface area contributed by atoms with Crippen molar-refractivity contribution < 1.29 is 0 Å². The van der Waals surface area contributed by atoms with Gasteiger partial charge in [-0.1, -0.05) is 0 Å². The number of benzene rings is 2. The van der Waals surface area contributed by atoms with Crippen LogP contribution < -0.4 is 9.80 Å². The Morgan fingerprint density at radius 2 is 0.912 bits per heavy atom.